The number of aliphatic imine (C=N–C) groups is 1. The molecule has 2 aromatic rings. The van der Waals surface area contributed by atoms with Crippen LogP contribution in [0.3, 0.4) is 0 Å². The summed E-state index contributed by atoms with van der Waals surface area (Å²) in [5.41, 5.74) is 3.53. The summed E-state index contributed by atoms with van der Waals surface area (Å²) in [5.74, 6) is 0.887. The molecule has 1 aliphatic rings. The number of ether oxygens (including phenoxy) is 2. The van der Waals surface area contributed by atoms with Crippen molar-refractivity contribution in [3.8, 4) is 0 Å². The van der Waals surface area contributed by atoms with Gasteiger partial charge in [0.25, 0.3) is 0 Å². The lowest BCUT2D eigenvalue weighted by Gasteiger charge is -2.34. The topological polar surface area (TPSA) is 63.9 Å². The molecular weight excluding hydrogens is 342 g/mol. The molecule has 1 unspecified atom stereocenters. The summed E-state index contributed by atoms with van der Waals surface area (Å²) < 4.78 is 13.3. The number of rotatable bonds is 6. The normalized spacial score (nSPS) is 18.0. The van der Waals surface area contributed by atoms with Gasteiger partial charge in [-0.25, -0.2) is 0 Å². The molecule has 1 N–H and O–H groups in total. The molecule has 7 nitrogen and oxygen atoms in total. The first-order valence-electron chi connectivity index (χ1n) is 9.41. The molecule has 1 fully saturated rings. The standard InChI is InChI=1S/C20H29N5O2/c1-4-26-15-17-8-6-5-7-16(17)11-22-20(21-2)25-9-10-27-19(14-25)18-12-23-24(3)13-18/h5-8,12-13,19H,4,9-11,14-15H2,1-3H3,(H,21,22). The van der Waals surface area contributed by atoms with E-state index in [4.69, 9.17) is 9.47 Å². The van der Waals surface area contributed by atoms with Gasteiger partial charge in [0, 0.05) is 45.6 Å². The van der Waals surface area contributed by atoms with Gasteiger partial charge >= 0.3 is 0 Å². The number of aryl methyl sites for hydroxylation is 1. The molecule has 0 bridgehead atoms. The lowest BCUT2D eigenvalue weighted by Crippen LogP contribution is -2.48. The maximum Gasteiger partial charge on any atom is 0.194 e. The van der Waals surface area contributed by atoms with E-state index < -0.39 is 0 Å². The quantitative estimate of drug-likeness (QED) is 0.622. The zero-order chi connectivity index (χ0) is 19.1. The molecule has 0 radical (unpaired) electrons. The Kier molecular flexibility index (Phi) is 6.84. The third-order valence-electron chi connectivity index (χ3n) is 4.69. The van der Waals surface area contributed by atoms with Crippen LogP contribution in [0.2, 0.25) is 0 Å². The Morgan fingerprint density at radius 2 is 2.19 bits per heavy atom. The van der Waals surface area contributed by atoms with Gasteiger partial charge in [-0.2, -0.15) is 5.10 Å². The zero-order valence-corrected chi connectivity index (χ0v) is 16.4. The molecule has 3 rings (SSSR count). The van der Waals surface area contributed by atoms with Gasteiger partial charge in [0.2, 0.25) is 0 Å². The fourth-order valence-corrected chi connectivity index (χ4v) is 3.24. The first kappa shape index (κ1) is 19.4. The van der Waals surface area contributed by atoms with E-state index in [9.17, 15) is 0 Å². The van der Waals surface area contributed by atoms with E-state index >= 15 is 0 Å². The lowest BCUT2D eigenvalue weighted by atomic mass is 10.1. The Labute approximate surface area is 161 Å². The van der Waals surface area contributed by atoms with Gasteiger partial charge in [-0.3, -0.25) is 9.67 Å². The SMILES string of the molecule is CCOCc1ccccc1CNC(=NC)N1CCOC(c2cnn(C)c2)C1. The third-order valence-corrected chi connectivity index (χ3v) is 4.69. The molecule has 0 saturated carbocycles. The monoisotopic (exact) mass is 371 g/mol. The smallest absolute Gasteiger partial charge is 0.194 e. The number of hydrogen-bond donors (Lipinski definition) is 1. The van der Waals surface area contributed by atoms with E-state index in [-0.39, 0.29) is 6.10 Å². The maximum atomic E-state index is 5.93. The number of hydrogen-bond acceptors (Lipinski definition) is 4. The van der Waals surface area contributed by atoms with Crippen molar-refractivity contribution in [1.82, 2.24) is 20.0 Å². The van der Waals surface area contributed by atoms with Crippen LogP contribution in [0, 0.1) is 0 Å². The van der Waals surface area contributed by atoms with Gasteiger partial charge in [0.1, 0.15) is 6.10 Å². The van der Waals surface area contributed by atoms with Crippen LogP contribution in [0.15, 0.2) is 41.7 Å². The summed E-state index contributed by atoms with van der Waals surface area (Å²) in [5, 5.41) is 7.75. The molecule has 27 heavy (non-hydrogen) atoms. The highest BCUT2D eigenvalue weighted by molar-refractivity contribution is 5.80. The van der Waals surface area contributed by atoms with Crippen LogP contribution < -0.4 is 5.32 Å². The predicted molar refractivity (Wildman–Crippen MR) is 105 cm³/mol. The molecule has 1 aliphatic heterocycles. The van der Waals surface area contributed by atoms with E-state index in [1.807, 2.05) is 39.5 Å². The Balaban J connectivity index is 1.62. The summed E-state index contributed by atoms with van der Waals surface area (Å²) in [6.07, 6.45) is 3.89. The zero-order valence-electron chi connectivity index (χ0n) is 16.4. The number of aromatic nitrogens is 2. The number of nitrogens with one attached hydrogen (secondary N) is 1. The first-order chi connectivity index (χ1) is 13.2. The molecule has 146 valence electrons. The Morgan fingerprint density at radius 3 is 2.89 bits per heavy atom. The fraction of sp³-hybridized carbons (Fsp3) is 0.500. The van der Waals surface area contributed by atoms with E-state index in [1.54, 1.807) is 4.68 Å². The van der Waals surface area contributed by atoms with Crippen LogP contribution in [0.1, 0.15) is 29.7 Å². The second-order valence-corrected chi connectivity index (χ2v) is 6.56. The molecule has 1 aromatic carbocycles. The van der Waals surface area contributed by atoms with Gasteiger partial charge in [0.05, 0.1) is 26.0 Å². The Morgan fingerprint density at radius 1 is 1.37 bits per heavy atom. The summed E-state index contributed by atoms with van der Waals surface area (Å²) in [4.78, 5) is 6.72. The molecule has 1 aromatic heterocycles. The van der Waals surface area contributed by atoms with E-state index in [2.05, 4.69) is 38.5 Å². The first-order valence-corrected chi connectivity index (χ1v) is 9.41. The number of morpholine rings is 1. The molecule has 0 spiro atoms. The number of nitrogens with zero attached hydrogens (tertiary/aromatic N) is 4. The van der Waals surface area contributed by atoms with Crippen molar-refractivity contribution in [3.05, 3.63) is 53.3 Å². The van der Waals surface area contributed by atoms with Gasteiger partial charge in [-0.05, 0) is 18.1 Å². The molecule has 1 atom stereocenters. The van der Waals surface area contributed by atoms with Gasteiger partial charge in [-0.15, -0.1) is 0 Å². The van der Waals surface area contributed by atoms with Crippen LogP contribution in [-0.4, -0.2) is 54.0 Å². The van der Waals surface area contributed by atoms with Crippen LogP contribution in [0.4, 0.5) is 0 Å². The lowest BCUT2D eigenvalue weighted by molar-refractivity contribution is -0.00805. The van der Waals surface area contributed by atoms with E-state index in [0.29, 0.717) is 26.4 Å². The van der Waals surface area contributed by atoms with Crippen molar-refractivity contribution < 1.29 is 9.47 Å². The molecule has 0 amide bonds. The summed E-state index contributed by atoms with van der Waals surface area (Å²) >= 11 is 0. The highest BCUT2D eigenvalue weighted by Gasteiger charge is 2.25. The van der Waals surface area contributed by atoms with Crippen LogP contribution >= 0.6 is 0 Å². The third kappa shape index (κ3) is 5.08. The van der Waals surface area contributed by atoms with Gasteiger partial charge < -0.3 is 19.7 Å². The average Bonchev–Trinajstić information content (AvgIpc) is 3.14. The van der Waals surface area contributed by atoms with Crippen molar-refractivity contribution in [3.63, 3.8) is 0 Å². The van der Waals surface area contributed by atoms with Gasteiger partial charge in [0.15, 0.2) is 5.96 Å². The summed E-state index contributed by atoms with van der Waals surface area (Å²) in [6, 6.07) is 8.35. The summed E-state index contributed by atoms with van der Waals surface area (Å²) in [6.45, 7) is 6.31. The van der Waals surface area contributed by atoms with Crippen LogP contribution in [-0.2, 0) is 29.7 Å². The molecule has 7 heteroatoms. The van der Waals surface area contributed by atoms with Crippen LogP contribution in [0.25, 0.3) is 0 Å². The molecule has 2 heterocycles. The average molecular weight is 371 g/mol. The van der Waals surface area contributed by atoms with E-state index in [0.717, 1.165) is 24.6 Å². The fourth-order valence-electron chi connectivity index (χ4n) is 3.24. The Hall–Kier alpha value is -2.38. The number of guanidine groups is 1. The van der Waals surface area contributed by atoms with Gasteiger partial charge in [-0.1, -0.05) is 24.3 Å². The second-order valence-electron chi connectivity index (χ2n) is 6.56. The molecule has 0 aliphatic carbocycles. The predicted octanol–water partition coefficient (Wildman–Crippen LogP) is 2.11. The largest absolute Gasteiger partial charge is 0.377 e. The maximum absolute atomic E-state index is 5.93. The van der Waals surface area contributed by atoms with Crippen molar-refractivity contribution >= 4 is 5.96 Å². The number of benzene rings is 1. The van der Waals surface area contributed by atoms with Crippen molar-refractivity contribution in [2.75, 3.05) is 33.4 Å². The molecular formula is C20H29N5O2. The Bertz CT molecular complexity index is 758. The van der Waals surface area contributed by atoms with E-state index in [1.165, 1.54) is 11.1 Å². The van der Waals surface area contributed by atoms with Crippen molar-refractivity contribution in [1.29, 1.82) is 0 Å². The summed E-state index contributed by atoms with van der Waals surface area (Å²) in [7, 11) is 3.74. The van der Waals surface area contributed by atoms with Crippen molar-refractivity contribution in [2.24, 2.45) is 12.0 Å². The minimum absolute atomic E-state index is 0.0104. The molecule has 1 saturated heterocycles. The minimum atomic E-state index is 0.0104. The van der Waals surface area contributed by atoms with Crippen LogP contribution in [0.5, 0.6) is 0 Å². The second kappa shape index (κ2) is 9.53. The minimum Gasteiger partial charge on any atom is -0.377 e. The highest BCUT2D eigenvalue weighted by Crippen LogP contribution is 2.21. The van der Waals surface area contributed by atoms with Crippen molar-refractivity contribution in [2.45, 2.75) is 26.2 Å². The highest BCUT2D eigenvalue weighted by atomic mass is 16.5.